The van der Waals surface area contributed by atoms with E-state index in [1.165, 1.54) is 6.26 Å². The second-order valence-electron chi connectivity index (χ2n) is 5.96. The van der Waals surface area contributed by atoms with E-state index in [-0.39, 0.29) is 17.6 Å². The molecule has 24 heavy (non-hydrogen) atoms. The molecule has 0 radical (unpaired) electrons. The van der Waals surface area contributed by atoms with Gasteiger partial charge in [-0.05, 0) is 30.2 Å². The van der Waals surface area contributed by atoms with Gasteiger partial charge in [-0.3, -0.25) is 9.59 Å². The highest BCUT2D eigenvalue weighted by Gasteiger charge is 2.25. The maximum atomic E-state index is 12.5. The second kappa shape index (κ2) is 7.63. The Hall–Kier alpha value is -2.83. The first-order valence-electron chi connectivity index (χ1n) is 7.67. The molecule has 2 aromatic heterocycles. The molecule has 0 fully saturated rings. The summed E-state index contributed by atoms with van der Waals surface area (Å²) in [6.07, 6.45) is 3.00. The van der Waals surface area contributed by atoms with Crippen molar-refractivity contribution in [1.82, 2.24) is 10.3 Å². The van der Waals surface area contributed by atoms with Crippen molar-refractivity contribution in [2.75, 3.05) is 24.3 Å². The molecular weight excluding hydrogens is 308 g/mol. The van der Waals surface area contributed by atoms with E-state index in [0.29, 0.717) is 5.69 Å². The van der Waals surface area contributed by atoms with E-state index in [9.17, 15) is 9.59 Å². The van der Waals surface area contributed by atoms with E-state index >= 15 is 0 Å². The van der Waals surface area contributed by atoms with Gasteiger partial charge in [-0.1, -0.05) is 13.8 Å². The number of pyridine rings is 1. The predicted molar refractivity (Wildman–Crippen MR) is 92.0 cm³/mol. The summed E-state index contributed by atoms with van der Waals surface area (Å²) in [5.41, 5.74) is 0.573. The van der Waals surface area contributed by atoms with Crippen LogP contribution in [0.1, 0.15) is 24.4 Å². The van der Waals surface area contributed by atoms with Crippen LogP contribution in [-0.2, 0) is 4.79 Å². The maximum Gasteiger partial charge on any atom is 0.287 e. The lowest BCUT2D eigenvalue weighted by molar-refractivity contribution is -0.118. The first-order valence-corrected chi connectivity index (χ1v) is 7.67. The van der Waals surface area contributed by atoms with Crippen molar-refractivity contribution in [3.05, 3.63) is 42.5 Å². The van der Waals surface area contributed by atoms with Crippen LogP contribution in [0, 0.1) is 5.92 Å². The summed E-state index contributed by atoms with van der Waals surface area (Å²) in [5, 5.41) is 5.47. The van der Waals surface area contributed by atoms with Gasteiger partial charge in [-0.2, -0.15) is 0 Å². The van der Waals surface area contributed by atoms with Gasteiger partial charge in [0.2, 0.25) is 5.91 Å². The molecule has 0 aromatic carbocycles. The molecular formula is C17H22N4O3. The standard InChI is InChI=1S/C17H22N4O3/c1-11(2)15(20-16(22)13-6-5-9-24-13)17(23)19-12-7-8-14(18-10-12)21(3)4/h5-11,15H,1-4H3,(H,19,23)(H,20,22). The zero-order chi connectivity index (χ0) is 17.7. The SMILES string of the molecule is CC(C)C(NC(=O)c1ccco1)C(=O)Nc1ccc(N(C)C)nc1. The lowest BCUT2D eigenvalue weighted by Crippen LogP contribution is -2.47. The summed E-state index contributed by atoms with van der Waals surface area (Å²) in [7, 11) is 3.78. The molecule has 0 bridgehead atoms. The van der Waals surface area contributed by atoms with Crippen molar-refractivity contribution in [1.29, 1.82) is 0 Å². The molecule has 2 heterocycles. The predicted octanol–water partition coefficient (Wildman–Crippen LogP) is 2.13. The van der Waals surface area contributed by atoms with E-state index < -0.39 is 11.9 Å². The fourth-order valence-electron chi connectivity index (χ4n) is 2.10. The van der Waals surface area contributed by atoms with Crippen LogP contribution >= 0.6 is 0 Å². The normalized spacial score (nSPS) is 11.9. The number of amides is 2. The van der Waals surface area contributed by atoms with Crippen LogP contribution < -0.4 is 15.5 Å². The van der Waals surface area contributed by atoms with Crippen LogP contribution in [-0.4, -0.2) is 36.9 Å². The number of hydrogen-bond donors (Lipinski definition) is 2. The smallest absolute Gasteiger partial charge is 0.287 e. The van der Waals surface area contributed by atoms with Gasteiger partial charge in [0.05, 0.1) is 18.1 Å². The quantitative estimate of drug-likeness (QED) is 0.847. The molecule has 0 aliphatic carbocycles. The number of carbonyl (C=O) groups excluding carboxylic acids is 2. The maximum absolute atomic E-state index is 12.5. The highest BCUT2D eigenvalue weighted by Crippen LogP contribution is 2.13. The van der Waals surface area contributed by atoms with Crippen molar-refractivity contribution >= 4 is 23.3 Å². The second-order valence-corrected chi connectivity index (χ2v) is 5.96. The molecule has 7 nitrogen and oxygen atoms in total. The molecule has 0 aliphatic rings. The molecule has 2 rings (SSSR count). The summed E-state index contributed by atoms with van der Waals surface area (Å²) in [4.78, 5) is 30.7. The highest BCUT2D eigenvalue weighted by atomic mass is 16.3. The third-order valence-electron chi connectivity index (χ3n) is 3.45. The third kappa shape index (κ3) is 4.34. The van der Waals surface area contributed by atoms with Crippen LogP contribution in [0.25, 0.3) is 0 Å². The molecule has 0 saturated heterocycles. The number of nitrogens with zero attached hydrogens (tertiary/aromatic N) is 2. The number of hydrogen-bond acceptors (Lipinski definition) is 5. The van der Waals surface area contributed by atoms with Crippen LogP contribution in [0.15, 0.2) is 41.1 Å². The summed E-state index contributed by atoms with van der Waals surface area (Å²) < 4.78 is 5.05. The number of carbonyl (C=O) groups is 2. The average molecular weight is 330 g/mol. The van der Waals surface area contributed by atoms with Crippen molar-refractivity contribution in [3.63, 3.8) is 0 Å². The molecule has 128 valence electrons. The number of anilines is 2. The molecule has 2 aromatic rings. The molecule has 2 N–H and O–H groups in total. The summed E-state index contributed by atoms with van der Waals surface area (Å²) in [5.74, 6) is 0.155. The van der Waals surface area contributed by atoms with E-state index in [4.69, 9.17) is 4.42 Å². The Labute approximate surface area is 141 Å². The summed E-state index contributed by atoms with van der Waals surface area (Å²) >= 11 is 0. The van der Waals surface area contributed by atoms with Gasteiger partial charge in [-0.25, -0.2) is 4.98 Å². The van der Waals surface area contributed by atoms with Gasteiger partial charge in [0, 0.05) is 14.1 Å². The minimum atomic E-state index is -0.684. The zero-order valence-electron chi connectivity index (χ0n) is 14.2. The molecule has 0 aliphatic heterocycles. The molecule has 7 heteroatoms. The van der Waals surface area contributed by atoms with Gasteiger partial charge >= 0.3 is 0 Å². The first-order chi connectivity index (χ1) is 11.4. The topological polar surface area (TPSA) is 87.5 Å². The lowest BCUT2D eigenvalue weighted by atomic mass is 10.0. The van der Waals surface area contributed by atoms with Gasteiger partial charge in [-0.15, -0.1) is 0 Å². The fraction of sp³-hybridized carbons (Fsp3) is 0.353. The minimum Gasteiger partial charge on any atom is -0.459 e. The number of rotatable bonds is 6. The Bertz CT molecular complexity index is 678. The van der Waals surface area contributed by atoms with Crippen LogP contribution in [0.4, 0.5) is 11.5 Å². The summed E-state index contributed by atoms with van der Waals surface area (Å²) in [6, 6.07) is 6.07. The Balaban J connectivity index is 2.04. The van der Waals surface area contributed by atoms with Crippen LogP contribution in [0.2, 0.25) is 0 Å². The number of nitrogens with one attached hydrogen (secondary N) is 2. The lowest BCUT2D eigenvalue weighted by Gasteiger charge is -2.21. The Morgan fingerprint density at radius 1 is 1.21 bits per heavy atom. The molecule has 2 amide bonds. The minimum absolute atomic E-state index is 0.0853. The van der Waals surface area contributed by atoms with E-state index in [2.05, 4.69) is 15.6 Å². The number of furan rings is 1. The van der Waals surface area contributed by atoms with E-state index in [1.807, 2.05) is 32.8 Å². The molecule has 0 saturated carbocycles. The van der Waals surface area contributed by atoms with Gasteiger partial charge in [0.15, 0.2) is 5.76 Å². The van der Waals surface area contributed by atoms with Gasteiger partial charge in [0.25, 0.3) is 5.91 Å². The van der Waals surface area contributed by atoms with E-state index in [1.54, 1.807) is 30.5 Å². The van der Waals surface area contributed by atoms with Crippen LogP contribution in [0.3, 0.4) is 0 Å². The third-order valence-corrected chi connectivity index (χ3v) is 3.45. The van der Waals surface area contributed by atoms with Crippen LogP contribution in [0.5, 0.6) is 0 Å². The first kappa shape index (κ1) is 17.5. The Morgan fingerprint density at radius 2 is 1.96 bits per heavy atom. The number of aromatic nitrogens is 1. The fourth-order valence-corrected chi connectivity index (χ4v) is 2.10. The highest BCUT2D eigenvalue weighted by molar-refractivity contribution is 6.00. The Kier molecular flexibility index (Phi) is 5.57. The monoisotopic (exact) mass is 330 g/mol. The average Bonchev–Trinajstić information content (AvgIpc) is 3.07. The molecule has 1 unspecified atom stereocenters. The van der Waals surface area contributed by atoms with Crippen molar-refractivity contribution < 1.29 is 14.0 Å². The largest absolute Gasteiger partial charge is 0.459 e. The van der Waals surface area contributed by atoms with Gasteiger partial charge in [0.1, 0.15) is 11.9 Å². The van der Waals surface area contributed by atoms with Crippen molar-refractivity contribution in [2.24, 2.45) is 5.92 Å². The molecule has 0 spiro atoms. The zero-order valence-corrected chi connectivity index (χ0v) is 14.2. The van der Waals surface area contributed by atoms with Crippen molar-refractivity contribution in [2.45, 2.75) is 19.9 Å². The summed E-state index contributed by atoms with van der Waals surface area (Å²) in [6.45, 7) is 3.72. The van der Waals surface area contributed by atoms with Gasteiger partial charge < -0.3 is 20.0 Å². The van der Waals surface area contributed by atoms with Crippen molar-refractivity contribution in [3.8, 4) is 0 Å². The Morgan fingerprint density at radius 3 is 2.46 bits per heavy atom. The van der Waals surface area contributed by atoms with E-state index in [0.717, 1.165) is 5.82 Å². The molecule has 1 atom stereocenters.